The zero-order valence-corrected chi connectivity index (χ0v) is 19.5. The molecule has 0 aliphatic heterocycles. The Hall–Kier alpha value is 1.58. The van der Waals surface area contributed by atoms with E-state index in [0.717, 1.165) is 16.9 Å². The summed E-state index contributed by atoms with van der Waals surface area (Å²) in [5.41, 5.74) is 0.538. The van der Waals surface area contributed by atoms with Gasteiger partial charge in [-0.3, -0.25) is 4.79 Å². The fourth-order valence-electron chi connectivity index (χ4n) is 1.86. The van der Waals surface area contributed by atoms with E-state index >= 15 is 0 Å². The molecule has 0 aliphatic carbocycles. The van der Waals surface area contributed by atoms with Crippen molar-refractivity contribution in [3.8, 4) is 0 Å². The number of carboxylic acid groups (broad SMARTS) is 1. The van der Waals surface area contributed by atoms with Crippen LogP contribution in [0.1, 0.15) is 34.9 Å². The molecule has 0 aliphatic rings. The number of thiophene rings is 1. The topological polar surface area (TPSA) is 83.0 Å². The quantitative estimate of drug-likeness (QED) is 0.825. The van der Waals surface area contributed by atoms with Crippen molar-refractivity contribution in [2.45, 2.75) is 27.2 Å². The Morgan fingerprint density at radius 3 is 2.50 bits per heavy atom. The first-order valence-corrected chi connectivity index (χ1v) is 6.47. The number of carboxylic acids is 1. The van der Waals surface area contributed by atoms with Crippen LogP contribution in [0.15, 0.2) is 4.79 Å². The van der Waals surface area contributed by atoms with Gasteiger partial charge >= 0.3 is 5.97 Å². The third-order valence-electron chi connectivity index (χ3n) is 2.70. The molecule has 0 aromatic carbocycles. The third kappa shape index (κ3) is 4.79. The minimum Gasteiger partial charge on any atom is -0.475 e. The van der Waals surface area contributed by atoms with Crippen LogP contribution in [-0.4, -0.2) is 124 Å². The molecule has 8 heteroatoms. The zero-order valence-electron chi connectivity index (χ0n) is 12.4. The number of fused-ring (bicyclic) bond motifs is 1. The molecule has 2 N–H and O–H groups in total. The molecule has 0 amide bonds. The summed E-state index contributed by atoms with van der Waals surface area (Å²) in [5, 5.41) is 9.38. The largest absolute Gasteiger partial charge is 0.475 e. The summed E-state index contributed by atoms with van der Waals surface area (Å²) in [4.78, 5) is 30.6. The molecule has 0 saturated heterocycles. The Morgan fingerprint density at radius 1 is 1.40 bits per heavy atom. The summed E-state index contributed by atoms with van der Waals surface area (Å²) in [5.74, 6) is -1.04. The van der Waals surface area contributed by atoms with Gasteiger partial charge in [-0.25, -0.2) is 9.78 Å². The fraction of sp³-hybridized carbons (Fsp3) is 0.417. The van der Waals surface area contributed by atoms with Gasteiger partial charge in [-0.2, -0.15) is 0 Å². The molecule has 0 atom stereocenters. The van der Waals surface area contributed by atoms with Gasteiger partial charge in [0.1, 0.15) is 4.83 Å². The smallest absolute Gasteiger partial charge is 0.372 e. The van der Waals surface area contributed by atoms with E-state index in [2.05, 4.69) is 23.8 Å². The molecule has 2 aromatic heterocycles. The molecular formula is C12H14K2N2O3S. The molecule has 0 unspecified atom stereocenters. The Kier molecular flexibility index (Phi) is 9.73. The number of hydrogen-bond acceptors (Lipinski definition) is 4. The Labute approximate surface area is 205 Å². The van der Waals surface area contributed by atoms with Crippen molar-refractivity contribution in [2.24, 2.45) is 5.92 Å². The van der Waals surface area contributed by atoms with Crippen LogP contribution in [0.2, 0.25) is 0 Å². The van der Waals surface area contributed by atoms with Crippen molar-refractivity contribution in [1.29, 1.82) is 0 Å². The van der Waals surface area contributed by atoms with Crippen LogP contribution in [0.3, 0.4) is 0 Å². The predicted octanol–water partition coefficient (Wildman–Crippen LogP) is 1.43. The first kappa shape index (κ1) is 21.6. The number of aromatic carboxylic acids is 1. The van der Waals surface area contributed by atoms with Gasteiger partial charge in [0.25, 0.3) is 5.56 Å². The van der Waals surface area contributed by atoms with Gasteiger partial charge in [0.15, 0.2) is 0 Å². The first-order valence-electron chi connectivity index (χ1n) is 5.65. The summed E-state index contributed by atoms with van der Waals surface area (Å²) in [7, 11) is 0. The first-order chi connectivity index (χ1) is 8.40. The minimum absolute atomic E-state index is 0. The summed E-state index contributed by atoms with van der Waals surface area (Å²) in [6, 6.07) is 0. The molecule has 0 fully saturated rings. The van der Waals surface area contributed by atoms with Crippen molar-refractivity contribution < 1.29 is 9.90 Å². The van der Waals surface area contributed by atoms with Crippen LogP contribution in [-0.2, 0) is 6.42 Å². The minimum atomic E-state index is -1.22. The second kappa shape index (κ2) is 9.02. The molecule has 0 saturated carbocycles. The monoisotopic (exact) mass is 344 g/mol. The average Bonchev–Trinajstić information content (AvgIpc) is 2.55. The molecule has 2 aromatic rings. The van der Waals surface area contributed by atoms with Gasteiger partial charge in [0.2, 0.25) is 5.82 Å². The van der Waals surface area contributed by atoms with Gasteiger partial charge in [0, 0.05) is 108 Å². The van der Waals surface area contributed by atoms with Gasteiger partial charge in [-0.15, -0.1) is 11.3 Å². The number of aromatic amines is 1. The van der Waals surface area contributed by atoms with E-state index in [1.54, 1.807) is 0 Å². The van der Waals surface area contributed by atoms with Gasteiger partial charge < -0.3 is 10.1 Å². The maximum Gasteiger partial charge on any atom is 0.372 e. The number of aryl methyl sites for hydroxylation is 1. The molecular weight excluding hydrogens is 330 g/mol. The molecule has 5 nitrogen and oxygen atoms in total. The van der Waals surface area contributed by atoms with E-state index in [0.29, 0.717) is 16.1 Å². The van der Waals surface area contributed by atoms with Crippen LogP contribution in [0.4, 0.5) is 0 Å². The maximum atomic E-state index is 11.9. The Bertz CT molecular complexity index is 679. The van der Waals surface area contributed by atoms with Gasteiger partial charge in [0.05, 0.1) is 5.39 Å². The molecule has 98 valence electrons. The molecule has 20 heavy (non-hydrogen) atoms. The van der Waals surface area contributed by atoms with E-state index in [1.807, 2.05) is 6.92 Å². The summed E-state index contributed by atoms with van der Waals surface area (Å²) in [6.45, 7) is 6.09. The van der Waals surface area contributed by atoms with Crippen molar-refractivity contribution >= 4 is 130 Å². The second-order valence-corrected chi connectivity index (χ2v) is 5.73. The SMILES string of the molecule is Cc1c(CC(C)C)sc2nc(C(=O)O)[nH]c(=O)c12.[K].[K]. The van der Waals surface area contributed by atoms with E-state index in [1.165, 1.54) is 11.3 Å². The van der Waals surface area contributed by atoms with Crippen molar-refractivity contribution in [1.82, 2.24) is 9.97 Å². The van der Waals surface area contributed by atoms with E-state index in [9.17, 15) is 9.59 Å². The fourth-order valence-corrected chi connectivity index (χ4v) is 3.25. The molecule has 2 rings (SSSR count). The predicted molar refractivity (Wildman–Crippen MR) is 82.0 cm³/mol. The summed E-state index contributed by atoms with van der Waals surface area (Å²) >= 11 is 1.40. The standard InChI is InChI=1S/C12H14N2O3S.2K/c1-5(2)4-7-6(3)8-10(15)13-9(12(16)17)14-11(8)18-7;;/h5H,4H2,1-3H3,(H,16,17)(H,13,14,15);;. The molecule has 0 bridgehead atoms. The normalized spacial score (nSPS) is 10.2. The number of rotatable bonds is 3. The van der Waals surface area contributed by atoms with Crippen molar-refractivity contribution in [3.63, 3.8) is 0 Å². The Morgan fingerprint density at radius 2 is 2.00 bits per heavy atom. The number of hydrogen-bond donors (Lipinski definition) is 2. The number of nitrogens with one attached hydrogen (secondary N) is 1. The zero-order chi connectivity index (χ0) is 13.4. The molecule has 2 radical (unpaired) electrons. The van der Waals surface area contributed by atoms with Crippen LogP contribution in [0, 0.1) is 12.8 Å². The second-order valence-electron chi connectivity index (χ2n) is 4.65. The number of carbonyl (C=O) groups is 1. The molecule has 0 spiro atoms. The Balaban J connectivity index is 0.00000180. The van der Waals surface area contributed by atoms with Crippen LogP contribution in [0.5, 0.6) is 0 Å². The number of H-pyrrole nitrogens is 1. The van der Waals surface area contributed by atoms with E-state index < -0.39 is 5.97 Å². The third-order valence-corrected chi connectivity index (χ3v) is 3.90. The summed E-state index contributed by atoms with van der Waals surface area (Å²) in [6.07, 6.45) is 0.870. The van der Waals surface area contributed by atoms with Gasteiger partial charge in [-0.1, -0.05) is 13.8 Å². The maximum absolute atomic E-state index is 11.9. The average molecular weight is 345 g/mol. The summed E-state index contributed by atoms with van der Waals surface area (Å²) < 4.78 is 0. The van der Waals surface area contributed by atoms with Crippen molar-refractivity contribution in [2.75, 3.05) is 0 Å². The van der Waals surface area contributed by atoms with Gasteiger partial charge in [-0.05, 0) is 24.8 Å². The van der Waals surface area contributed by atoms with Crippen LogP contribution in [0.25, 0.3) is 10.2 Å². The van der Waals surface area contributed by atoms with E-state index in [-0.39, 0.29) is 114 Å². The number of aromatic nitrogens is 2. The van der Waals surface area contributed by atoms with E-state index in [4.69, 9.17) is 5.11 Å². The molecule has 2 heterocycles. The number of nitrogens with zero attached hydrogens (tertiary/aromatic N) is 1. The van der Waals surface area contributed by atoms with Crippen LogP contribution < -0.4 is 5.56 Å². The van der Waals surface area contributed by atoms with Crippen LogP contribution >= 0.6 is 11.3 Å². The van der Waals surface area contributed by atoms with Crippen molar-refractivity contribution in [3.05, 3.63) is 26.6 Å².